The van der Waals surface area contributed by atoms with Crippen molar-refractivity contribution in [1.29, 1.82) is 0 Å². The molecule has 29 heavy (non-hydrogen) atoms. The number of aryl methyl sites for hydroxylation is 2. The van der Waals surface area contributed by atoms with E-state index < -0.39 is 17.5 Å². The number of piperidine rings is 1. The van der Waals surface area contributed by atoms with Gasteiger partial charge in [-0.2, -0.15) is 0 Å². The van der Waals surface area contributed by atoms with Crippen LogP contribution in [-0.2, 0) is 24.1 Å². The molecule has 1 saturated heterocycles. The van der Waals surface area contributed by atoms with Gasteiger partial charge in [-0.1, -0.05) is 30.3 Å². The molecule has 0 unspecified atom stereocenters. The van der Waals surface area contributed by atoms with Gasteiger partial charge in [0.2, 0.25) is 0 Å². The van der Waals surface area contributed by atoms with E-state index in [9.17, 15) is 19.8 Å². The third-order valence-corrected chi connectivity index (χ3v) is 6.28. The van der Waals surface area contributed by atoms with Crippen LogP contribution >= 0.6 is 0 Å². The van der Waals surface area contributed by atoms with Crippen LogP contribution in [0.25, 0.3) is 0 Å². The van der Waals surface area contributed by atoms with E-state index in [-0.39, 0.29) is 25.3 Å². The number of carboxylic acid groups (broad SMARTS) is 1. The molecule has 6 nitrogen and oxygen atoms in total. The molecule has 0 saturated carbocycles. The number of hydrogen-bond donors (Lipinski definition) is 2. The van der Waals surface area contributed by atoms with Crippen LogP contribution < -0.4 is 0 Å². The second-order valence-corrected chi connectivity index (χ2v) is 8.19. The fourth-order valence-corrected chi connectivity index (χ4v) is 4.56. The van der Waals surface area contributed by atoms with Gasteiger partial charge in [0.25, 0.3) is 5.91 Å². The molecule has 1 amide bonds. The number of aliphatic carboxylic acids is 1. The Morgan fingerprint density at radius 1 is 1.17 bits per heavy atom. The lowest BCUT2D eigenvalue weighted by Crippen LogP contribution is -2.58. The van der Waals surface area contributed by atoms with E-state index in [0.29, 0.717) is 12.1 Å². The van der Waals surface area contributed by atoms with Gasteiger partial charge in [-0.25, -0.2) is 0 Å². The number of aliphatic hydroxyl groups is 1. The molecule has 2 N–H and O–H groups in total. The average molecular weight is 394 g/mol. The molecule has 1 fully saturated rings. The Morgan fingerprint density at radius 3 is 2.69 bits per heavy atom. The lowest BCUT2D eigenvalue weighted by atomic mass is 9.72. The number of carbonyl (C=O) groups is 2. The van der Waals surface area contributed by atoms with Crippen LogP contribution in [0, 0.1) is 5.41 Å². The Balaban J connectivity index is 1.60. The third kappa shape index (κ3) is 3.77. The highest BCUT2D eigenvalue weighted by atomic mass is 16.4. The van der Waals surface area contributed by atoms with Gasteiger partial charge in [-0.3, -0.25) is 14.6 Å². The first-order chi connectivity index (χ1) is 14.0. The topological polar surface area (TPSA) is 90.7 Å². The van der Waals surface area contributed by atoms with Crippen molar-refractivity contribution >= 4 is 11.9 Å². The molecular formula is C23H26N2O4. The van der Waals surface area contributed by atoms with E-state index in [0.717, 1.165) is 42.5 Å². The summed E-state index contributed by atoms with van der Waals surface area (Å²) in [6.45, 7) is 0.315. The van der Waals surface area contributed by atoms with Crippen molar-refractivity contribution in [3.63, 3.8) is 0 Å². The monoisotopic (exact) mass is 394 g/mol. The Kier molecular flexibility index (Phi) is 5.37. The molecule has 2 aromatic rings. The molecule has 1 aromatic carbocycles. The largest absolute Gasteiger partial charge is 0.481 e. The van der Waals surface area contributed by atoms with Crippen LogP contribution in [0.3, 0.4) is 0 Å². The number of likely N-dealkylation sites (tertiary alicyclic amines) is 1. The summed E-state index contributed by atoms with van der Waals surface area (Å²) in [6.07, 6.45) is 5.11. The van der Waals surface area contributed by atoms with E-state index in [2.05, 4.69) is 4.98 Å². The second-order valence-electron chi connectivity index (χ2n) is 8.19. The van der Waals surface area contributed by atoms with Gasteiger partial charge in [-0.15, -0.1) is 0 Å². The predicted octanol–water partition coefficient (Wildman–Crippen LogP) is 2.48. The van der Waals surface area contributed by atoms with Crippen molar-refractivity contribution in [3.8, 4) is 0 Å². The van der Waals surface area contributed by atoms with Crippen LogP contribution in [0.2, 0.25) is 0 Å². The van der Waals surface area contributed by atoms with Crippen molar-refractivity contribution in [3.05, 3.63) is 65.0 Å². The Labute approximate surface area is 170 Å². The summed E-state index contributed by atoms with van der Waals surface area (Å²) in [4.78, 5) is 31.5. The minimum absolute atomic E-state index is 0.0195. The highest BCUT2D eigenvalue weighted by molar-refractivity contribution is 5.94. The Hall–Kier alpha value is -2.73. The fraction of sp³-hybridized carbons (Fsp3) is 0.435. The number of benzene rings is 1. The molecular weight excluding hydrogens is 368 g/mol. The van der Waals surface area contributed by atoms with Crippen LogP contribution in [0.15, 0.2) is 42.6 Å². The lowest BCUT2D eigenvalue weighted by Gasteiger charge is -2.43. The summed E-state index contributed by atoms with van der Waals surface area (Å²) < 4.78 is 0. The second kappa shape index (κ2) is 7.95. The first-order valence-electron chi connectivity index (χ1n) is 10.2. The fourth-order valence-electron chi connectivity index (χ4n) is 4.56. The number of aromatic nitrogens is 1. The summed E-state index contributed by atoms with van der Waals surface area (Å²) in [5.41, 5.74) is 2.09. The van der Waals surface area contributed by atoms with Gasteiger partial charge in [-0.05, 0) is 55.7 Å². The number of hydrogen-bond acceptors (Lipinski definition) is 4. The van der Waals surface area contributed by atoms with Crippen molar-refractivity contribution in [2.45, 2.75) is 44.6 Å². The molecule has 1 aliphatic carbocycles. The molecule has 0 radical (unpaired) electrons. The van der Waals surface area contributed by atoms with Crippen LogP contribution in [-0.4, -0.2) is 51.2 Å². The number of rotatable bonds is 4. The minimum Gasteiger partial charge on any atom is -0.481 e. The smallest absolute Gasteiger partial charge is 0.314 e. The maximum Gasteiger partial charge on any atom is 0.314 e. The maximum atomic E-state index is 13.2. The van der Waals surface area contributed by atoms with E-state index in [1.54, 1.807) is 11.1 Å². The van der Waals surface area contributed by atoms with E-state index in [1.165, 1.54) is 0 Å². The van der Waals surface area contributed by atoms with Gasteiger partial charge < -0.3 is 15.1 Å². The third-order valence-electron chi connectivity index (χ3n) is 6.28. The molecule has 6 heteroatoms. The van der Waals surface area contributed by atoms with Crippen molar-refractivity contribution < 1.29 is 19.8 Å². The minimum atomic E-state index is -1.42. The standard InChI is InChI=1S/C23H26N2O4/c26-20-10-11-25(15-23(20,22(28)29)13-16-6-2-1-3-7-16)21(27)18-12-17-8-4-5-9-19(17)24-14-18/h1-3,6-7,12,14,20,26H,4-5,8-11,13,15H2,(H,28,29)/t20-,23-/m1/s1. The zero-order valence-electron chi connectivity index (χ0n) is 16.4. The Bertz CT molecular complexity index is 914. The number of nitrogens with zero attached hydrogens (tertiary/aromatic N) is 2. The molecule has 1 aromatic heterocycles. The van der Waals surface area contributed by atoms with Crippen LogP contribution in [0.1, 0.15) is 46.4 Å². The average Bonchev–Trinajstić information content (AvgIpc) is 2.75. The van der Waals surface area contributed by atoms with Crippen molar-refractivity contribution in [1.82, 2.24) is 9.88 Å². The number of carbonyl (C=O) groups excluding carboxylic acids is 1. The molecule has 4 rings (SSSR count). The first-order valence-corrected chi connectivity index (χ1v) is 10.2. The van der Waals surface area contributed by atoms with Crippen molar-refractivity contribution in [2.75, 3.05) is 13.1 Å². The molecule has 0 bridgehead atoms. The lowest BCUT2D eigenvalue weighted by molar-refractivity contribution is -0.161. The number of aliphatic hydroxyl groups excluding tert-OH is 1. The number of fused-ring (bicyclic) bond motifs is 1. The summed E-state index contributed by atoms with van der Waals surface area (Å²) in [7, 11) is 0. The molecule has 2 atom stereocenters. The molecule has 2 aliphatic rings. The summed E-state index contributed by atoms with van der Waals surface area (Å²) >= 11 is 0. The SMILES string of the molecule is O=C(c1cnc2c(c1)CCCC2)N1CC[C@@H](O)[C@](Cc2ccccc2)(C(=O)O)C1. The normalized spacial score (nSPS) is 24.0. The van der Waals surface area contributed by atoms with Gasteiger partial charge in [0, 0.05) is 25.0 Å². The maximum absolute atomic E-state index is 13.2. The van der Waals surface area contributed by atoms with E-state index in [1.807, 2.05) is 36.4 Å². The highest BCUT2D eigenvalue weighted by Crippen LogP contribution is 2.35. The summed E-state index contributed by atoms with van der Waals surface area (Å²) in [5, 5.41) is 20.7. The van der Waals surface area contributed by atoms with E-state index >= 15 is 0 Å². The zero-order valence-corrected chi connectivity index (χ0v) is 16.4. The van der Waals surface area contributed by atoms with Gasteiger partial charge in [0.15, 0.2) is 0 Å². The van der Waals surface area contributed by atoms with Crippen molar-refractivity contribution in [2.24, 2.45) is 5.41 Å². The summed E-state index contributed by atoms with van der Waals surface area (Å²) in [6, 6.07) is 11.2. The van der Waals surface area contributed by atoms with E-state index in [4.69, 9.17) is 0 Å². The first kappa shape index (κ1) is 19.6. The van der Waals surface area contributed by atoms with Crippen LogP contribution in [0.5, 0.6) is 0 Å². The van der Waals surface area contributed by atoms with Crippen LogP contribution in [0.4, 0.5) is 0 Å². The molecule has 1 aliphatic heterocycles. The van der Waals surface area contributed by atoms with Gasteiger partial charge in [0.05, 0.1) is 11.7 Å². The molecule has 0 spiro atoms. The summed E-state index contributed by atoms with van der Waals surface area (Å²) in [5.74, 6) is -1.29. The quantitative estimate of drug-likeness (QED) is 0.831. The number of pyridine rings is 1. The molecule has 152 valence electrons. The number of carboxylic acids is 1. The Morgan fingerprint density at radius 2 is 1.93 bits per heavy atom. The van der Waals surface area contributed by atoms with Gasteiger partial charge in [0.1, 0.15) is 5.41 Å². The zero-order chi connectivity index (χ0) is 20.4. The highest BCUT2D eigenvalue weighted by Gasteiger charge is 2.50. The predicted molar refractivity (Wildman–Crippen MR) is 108 cm³/mol. The molecule has 2 heterocycles. The number of amides is 1. The van der Waals surface area contributed by atoms with Gasteiger partial charge >= 0.3 is 5.97 Å².